The molecule has 0 aromatic rings. The lowest BCUT2D eigenvalue weighted by Crippen LogP contribution is -2.39. The molecule has 0 aromatic heterocycles. The van der Waals surface area contributed by atoms with Gasteiger partial charge in [-0.2, -0.15) is 0 Å². The third-order valence-electron chi connectivity index (χ3n) is 2.56. The maximum atomic E-state index is 9.58. The Morgan fingerprint density at radius 2 is 1.82 bits per heavy atom. The predicted octanol–water partition coefficient (Wildman–Crippen LogP) is 1.02. The van der Waals surface area contributed by atoms with Gasteiger partial charge in [-0.15, -0.1) is 0 Å². The minimum Gasteiger partial charge on any atom is -0.390 e. The molecule has 0 aromatic carbocycles. The summed E-state index contributed by atoms with van der Waals surface area (Å²) in [6.07, 6.45) is 2.09. The first kappa shape index (κ1) is 9.23. The zero-order chi connectivity index (χ0) is 8.43. The van der Waals surface area contributed by atoms with Crippen molar-refractivity contribution in [3.63, 3.8) is 0 Å². The van der Waals surface area contributed by atoms with Gasteiger partial charge in [0.1, 0.15) is 0 Å². The lowest BCUT2D eigenvalue weighted by atomic mass is 9.94. The highest BCUT2D eigenvalue weighted by atomic mass is 28.3. The Balaban J connectivity index is 2.51. The summed E-state index contributed by atoms with van der Waals surface area (Å²) in [7, 11) is -0.426. The molecule has 1 saturated carbocycles. The number of hydrogen-bond acceptors (Lipinski definition) is 2. The molecule has 0 spiro atoms. The maximum absolute atomic E-state index is 9.58. The van der Waals surface area contributed by atoms with Gasteiger partial charge < -0.3 is 10.2 Å². The van der Waals surface area contributed by atoms with E-state index in [1.807, 2.05) is 0 Å². The Kier molecular flexibility index (Phi) is 3.10. The van der Waals surface area contributed by atoms with Crippen molar-refractivity contribution in [3.05, 3.63) is 0 Å². The number of aliphatic hydroxyl groups excluding tert-OH is 2. The van der Waals surface area contributed by atoms with E-state index in [1.54, 1.807) is 0 Å². The summed E-state index contributed by atoms with van der Waals surface area (Å²) in [5.74, 6) is 0. The van der Waals surface area contributed by atoms with Crippen molar-refractivity contribution in [1.29, 1.82) is 0 Å². The van der Waals surface area contributed by atoms with Gasteiger partial charge in [-0.25, -0.2) is 0 Å². The third kappa shape index (κ3) is 2.04. The smallest absolute Gasteiger partial charge is 0.0801 e. The zero-order valence-electron chi connectivity index (χ0n) is 7.25. The fourth-order valence-electron chi connectivity index (χ4n) is 1.79. The molecule has 1 radical (unpaired) electrons. The molecule has 0 amide bonds. The van der Waals surface area contributed by atoms with Gasteiger partial charge in [0.05, 0.1) is 12.2 Å². The maximum Gasteiger partial charge on any atom is 0.0801 e. The number of hydrogen-bond donors (Lipinski definition) is 2. The van der Waals surface area contributed by atoms with Crippen LogP contribution in [0.3, 0.4) is 0 Å². The molecule has 11 heavy (non-hydrogen) atoms. The third-order valence-corrected chi connectivity index (χ3v) is 4.68. The van der Waals surface area contributed by atoms with Gasteiger partial charge in [0, 0.05) is 8.80 Å². The number of rotatable bonds is 1. The number of aliphatic hydroxyl groups is 2. The van der Waals surface area contributed by atoms with E-state index >= 15 is 0 Å². The monoisotopic (exact) mass is 173 g/mol. The average Bonchev–Trinajstić information content (AvgIpc) is 1.94. The molecule has 1 aliphatic rings. The largest absolute Gasteiger partial charge is 0.390 e. The Hall–Kier alpha value is 0.137. The van der Waals surface area contributed by atoms with E-state index in [-0.39, 0.29) is 0 Å². The highest BCUT2D eigenvalue weighted by molar-refractivity contribution is 6.57. The second-order valence-electron chi connectivity index (χ2n) is 3.67. The fraction of sp³-hybridized carbons (Fsp3) is 1.00. The van der Waals surface area contributed by atoms with Gasteiger partial charge in [-0.05, 0) is 12.0 Å². The van der Waals surface area contributed by atoms with Crippen LogP contribution in [0.4, 0.5) is 0 Å². The first-order chi connectivity index (χ1) is 5.13. The molecule has 1 aliphatic carbocycles. The normalized spacial score (nSPS) is 39.5. The topological polar surface area (TPSA) is 40.5 Å². The molecule has 0 heterocycles. The molecule has 2 N–H and O–H groups in total. The van der Waals surface area contributed by atoms with Crippen LogP contribution in [0, 0.1) is 0 Å². The quantitative estimate of drug-likeness (QED) is 0.581. The molecule has 1 unspecified atom stereocenters. The highest BCUT2D eigenvalue weighted by Crippen LogP contribution is 2.31. The van der Waals surface area contributed by atoms with Crippen LogP contribution >= 0.6 is 0 Å². The zero-order valence-corrected chi connectivity index (χ0v) is 8.25. The van der Waals surface area contributed by atoms with Crippen molar-refractivity contribution in [2.75, 3.05) is 0 Å². The summed E-state index contributed by atoms with van der Waals surface area (Å²) in [6, 6.07) is 0. The van der Waals surface area contributed by atoms with Crippen LogP contribution in [0.25, 0.3) is 0 Å². The van der Waals surface area contributed by atoms with E-state index in [1.165, 1.54) is 0 Å². The van der Waals surface area contributed by atoms with Crippen LogP contribution in [-0.2, 0) is 0 Å². The Morgan fingerprint density at radius 1 is 1.18 bits per heavy atom. The summed E-state index contributed by atoms with van der Waals surface area (Å²) < 4.78 is 0. The molecule has 65 valence electrons. The van der Waals surface area contributed by atoms with Crippen LogP contribution in [0.2, 0.25) is 18.6 Å². The average molecular weight is 173 g/mol. The van der Waals surface area contributed by atoms with Crippen molar-refractivity contribution in [2.24, 2.45) is 0 Å². The first-order valence-corrected chi connectivity index (χ1v) is 6.87. The lowest BCUT2D eigenvalue weighted by molar-refractivity contribution is -0.00909. The lowest BCUT2D eigenvalue weighted by Gasteiger charge is -2.33. The van der Waals surface area contributed by atoms with E-state index in [2.05, 4.69) is 13.1 Å². The summed E-state index contributed by atoms with van der Waals surface area (Å²) >= 11 is 0. The summed E-state index contributed by atoms with van der Waals surface area (Å²) in [5, 5.41) is 18.9. The van der Waals surface area contributed by atoms with Gasteiger partial charge in [-0.1, -0.05) is 25.9 Å². The van der Waals surface area contributed by atoms with Crippen molar-refractivity contribution < 1.29 is 10.2 Å². The Labute approximate surface area is 69.9 Å². The summed E-state index contributed by atoms with van der Waals surface area (Å²) in [6.45, 7) is 4.41. The van der Waals surface area contributed by atoms with E-state index in [0.717, 1.165) is 19.3 Å². The van der Waals surface area contributed by atoms with Crippen LogP contribution < -0.4 is 0 Å². The van der Waals surface area contributed by atoms with E-state index in [0.29, 0.717) is 5.54 Å². The SMILES string of the molecule is C[Si](C)C1CCC[C@H](O)[C@@H]1O. The van der Waals surface area contributed by atoms with Gasteiger partial charge in [0.15, 0.2) is 0 Å². The van der Waals surface area contributed by atoms with Gasteiger partial charge in [-0.3, -0.25) is 0 Å². The highest BCUT2D eigenvalue weighted by Gasteiger charge is 2.32. The Morgan fingerprint density at radius 3 is 2.27 bits per heavy atom. The summed E-state index contributed by atoms with van der Waals surface area (Å²) in [4.78, 5) is 0. The molecule has 1 fully saturated rings. The van der Waals surface area contributed by atoms with Crippen molar-refractivity contribution in [1.82, 2.24) is 0 Å². The Bertz CT molecular complexity index is 127. The van der Waals surface area contributed by atoms with Crippen molar-refractivity contribution >= 4 is 8.80 Å². The molecule has 3 atom stereocenters. The first-order valence-electron chi connectivity index (χ1n) is 4.29. The second-order valence-corrected chi connectivity index (χ2v) is 6.57. The van der Waals surface area contributed by atoms with Crippen LogP contribution in [-0.4, -0.2) is 31.2 Å². The van der Waals surface area contributed by atoms with Gasteiger partial charge in [0.2, 0.25) is 0 Å². The molecule has 0 aliphatic heterocycles. The summed E-state index contributed by atoms with van der Waals surface area (Å²) in [5.41, 5.74) is 0.406. The molecular formula is C8H17O2Si. The minimum absolute atomic E-state index is 0.406. The standard InChI is InChI=1S/C8H17O2Si/c1-11(2)7-5-3-4-6(9)8(7)10/h6-10H,3-5H2,1-2H3/t6-,7?,8-/m0/s1. The van der Waals surface area contributed by atoms with Crippen LogP contribution in [0.1, 0.15) is 19.3 Å². The second kappa shape index (κ2) is 3.69. The van der Waals surface area contributed by atoms with Crippen molar-refractivity contribution in [3.8, 4) is 0 Å². The van der Waals surface area contributed by atoms with Gasteiger partial charge >= 0.3 is 0 Å². The molecule has 2 nitrogen and oxygen atoms in total. The van der Waals surface area contributed by atoms with Crippen LogP contribution in [0.15, 0.2) is 0 Å². The van der Waals surface area contributed by atoms with E-state index in [9.17, 15) is 10.2 Å². The van der Waals surface area contributed by atoms with E-state index in [4.69, 9.17) is 0 Å². The molecule has 0 bridgehead atoms. The van der Waals surface area contributed by atoms with Crippen LogP contribution in [0.5, 0.6) is 0 Å². The predicted molar refractivity (Wildman–Crippen MR) is 47.1 cm³/mol. The van der Waals surface area contributed by atoms with E-state index < -0.39 is 21.0 Å². The van der Waals surface area contributed by atoms with Gasteiger partial charge in [0.25, 0.3) is 0 Å². The minimum atomic E-state index is -0.450. The fourth-order valence-corrected chi connectivity index (χ4v) is 3.47. The molecule has 1 rings (SSSR count). The molecule has 3 heteroatoms. The molecule has 0 saturated heterocycles. The molecular weight excluding hydrogens is 156 g/mol. The van der Waals surface area contributed by atoms with Crippen molar-refractivity contribution in [2.45, 2.75) is 50.1 Å².